The Hall–Kier alpha value is -3.85. The average molecular weight is 764 g/mol. The summed E-state index contributed by atoms with van der Waals surface area (Å²) in [7, 11) is 0. The van der Waals surface area contributed by atoms with E-state index >= 15 is 0 Å². The molecule has 0 spiro atoms. The summed E-state index contributed by atoms with van der Waals surface area (Å²) in [5, 5.41) is 0. The summed E-state index contributed by atoms with van der Waals surface area (Å²) < 4.78 is 2.42. The minimum Gasteiger partial charge on any atom is -0.333 e. The molecule has 4 heteroatoms. The summed E-state index contributed by atoms with van der Waals surface area (Å²) in [6.45, 7) is 4.44. The molecular weight excluding hydrogens is 727 g/mol. The summed E-state index contributed by atoms with van der Waals surface area (Å²) in [6.07, 6.45) is 8.83. The van der Waals surface area contributed by atoms with Gasteiger partial charge in [-0.05, 0) is 116 Å². The van der Waals surface area contributed by atoms with Gasteiger partial charge in [0, 0.05) is 32.0 Å². The minimum absolute atomic E-state index is 0. The fraction of sp³-hybridized carbons (Fsp3) is 0.268. The van der Waals surface area contributed by atoms with E-state index in [4.69, 9.17) is 4.98 Å². The van der Waals surface area contributed by atoms with E-state index in [1.807, 2.05) is 54.6 Å². The second kappa shape index (κ2) is 12.5. The molecule has 4 bridgehead atoms. The van der Waals surface area contributed by atoms with Gasteiger partial charge in [-0.15, -0.1) is 71.8 Å². The maximum Gasteiger partial charge on any atom is 0.0777 e. The fourth-order valence-electron chi connectivity index (χ4n) is 8.39. The molecule has 2 aromatic heterocycles. The van der Waals surface area contributed by atoms with Crippen LogP contribution >= 0.6 is 0 Å². The zero-order chi connectivity index (χ0) is 29.6. The van der Waals surface area contributed by atoms with E-state index in [-0.39, 0.29) is 20.1 Å². The van der Waals surface area contributed by atoms with Crippen molar-refractivity contribution in [3.05, 3.63) is 138 Å². The number of pyridine rings is 1. The number of fused-ring (bicyclic) bond motifs is 1. The second-order valence-corrected chi connectivity index (χ2v) is 13.1. The Labute approximate surface area is 280 Å². The second-order valence-electron chi connectivity index (χ2n) is 13.1. The van der Waals surface area contributed by atoms with Gasteiger partial charge >= 0.3 is 0 Å². The molecule has 1 radical (unpaired) electrons. The fourth-order valence-corrected chi connectivity index (χ4v) is 8.39. The van der Waals surface area contributed by atoms with Crippen molar-refractivity contribution in [1.29, 1.82) is 0 Å². The maximum absolute atomic E-state index is 5.26. The average Bonchev–Trinajstić information content (AvgIpc) is 3.34. The molecule has 3 nitrogen and oxygen atoms in total. The summed E-state index contributed by atoms with van der Waals surface area (Å²) >= 11 is 0. The van der Waals surface area contributed by atoms with Crippen LogP contribution in [0.3, 0.4) is 0 Å². The van der Waals surface area contributed by atoms with Crippen molar-refractivity contribution in [2.45, 2.75) is 57.8 Å². The van der Waals surface area contributed by atoms with E-state index in [0.717, 1.165) is 51.8 Å². The third-order valence-corrected chi connectivity index (χ3v) is 10.1. The van der Waals surface area contributed by atoms with Gasteiger partial charge in [-0.2, -0.15) is 0 Å². The normalized spacial score (nSPS) is 20.9. The first-order valence-electron chi connectivity index (χ1n) is 16.1. The Morgan fingerprint density at radius 2 is 1.29 bits per heavy atom. The molecular formula is C41H37IrN3-2. The number of imidazole rings is 1. The molecule has 4 aromatic carbocycles. The van der Waals surface area contributed by atoms with Crippen molar-refractivity contribution in [2.75, 3.05) is 0 Å². The van der Waals surface area contributed by atoms with Gasteiger partial charge in [0.2, 0.25) is 0 Å². The predicted molar refractivity (Wildman–Crippen MR) is 179 cm³/mol. The molecule has 2 atom stereocenters. The topological polar surface area (TPSA) is 30.7 Å². The van der Waals surface area contributed by atoms with Crippen molar-refractivity contribution < 1.29 is 20.1 Å². The quantitative estimate of drug-likeness (QED) is 0.168. The van der Waals surface area contributed by atoms with Crippen LogP contribution < -0.4 is 0 Å². The monoisotopic (exact) mass is 764 g/mol. The van der Waals surface area contributed by atoms with Gasteiger partial charge < -0.3 is 9.55 Å². The Morgan fingerprint density at radius 3 is 1.89 bits per heavy atom. The first kappa shape index (κ1) is 29.8. The largest absolute Gasteiger partial charge is 0.333 e. The standard InChI is InChI=1S/C30H29N2.C11H8N.Ir/c1-18-7-6-8-19(2)29(18)32-28-17-26-24-14-20-11-21(15-24)13-23(12-20)25(26)16-27(28)31-30(32)22-9-4-3-5-10-22;1-2-6-10(7-3-1)11-8-4-5-9-12-11;/h3-9,16-17,20-21,23-24H,11-15H2,1-2H3;1-6,8-9H;/q2*-1;. The molecule has 2 saturated carbocycles. The van der Waals surface area contributed by atoms with Crippen LogP contribution in [0.25, 0.3) is 39.4 Å². The van der Waals surface area contributed by atoms with Crippen LogP contribution in [0.5, 0.6) is 0 Å². The smallest absolute Gasteiger partial charge is 0.0777 e. The molecule has 2 fully saturated rings. The molecule has 10 rings (SSSR count). The number of para-hydroxylation sites is 1. The van der Waals surface area contributed by atoms with Crippen LogP contribution in [0.15, 0.2) is 103 Å². The molecule has 0 aliphatic heterocycles. The summed E-state index contributed by atoms with van der Waals surface area (Å²) in [5.41, 5.74) is 12.5. The van der Waals surface area contributed by atoms with Crippen LogP contribution in [0.4, 0.5) is 0 Å². The van der Waals surface area contributed by atoms with Gasteiger partial charge in [0.05, 0.1) is 16.9 Å². The van der Waals surface area contributed by atoms with E-state index in [9.17, 15) is 0 Å². The van der Waals surface area contributed by atoms with Crippen molar-refractivity contribution in [2.24, 2.45) is 11.8 Å². The number of hydrogen-bond donors (Lipinski definition) is 0. The van der Waals surface area contributed by atoms with Gasteiger partial charge in [-0.1, -0.05) is 30.3 Å². The number of aryl methyl sites for hydroxylation is 2. The van der Waals surface area contributed by atoms with Crippen LogP contribution in [0.2, 0.25) is 0 Å². The summed E-state index contributed by atoms with van der Waals surface area (Å²) in [6, 6.07) is 40.1. The van der Waals surface area contributed by atoms with Gasteiger partial charge in [-0.25, -0.2) is 0 Å². The van der Waals surface area contributed by atoms with Crippen LogP contribution in [0, 0.1) is 37.8 Å². The van der Waals surface area contributed by atoms with Gasteiger partial charge in [-0.3, -0.25) is 4.98 Å². The first-order valence-corrected chi connectivity index (χ1v) is 16.1. The number of hydrogen-bond acceptors (Lipinski definition) is 2. The van der Waals surface area contributed by atoms with E-state index in [1.54, 1.807) is 17.3 Å². The summed E-state index contributed by atoms with van der Waals surface area (Å²) in [5.74, 6) is 4.35. The van der Waals surface area contributed by atoms with E-state index in [0.29, 0.717) is 0 Å². The van der Waals surface area contributed by atoms with Gasteiger partial charge in [0.15, 0.2) is 0 Å². The molecule has 4 aliphatic rings. The minimum atomic E-state index is 0. The van der Waals surface area contributed by atoms with E-state index in [1.165, 1.54) is 54.4 Å². The van der Waals surface area contributed by atoms with Gasteiger partial charge in [0.25, 0.3) is 0 Å². The van der Waals surface area contributed by atoms with Crippen LogP contribution in [-0.4, -0.2) is 14.5 Å². The van der Waals surface area contributed by atoms with E-state index < -0.39 is 0 Å². The maximum atomic E-state index is 5.26. The molecule has 2 heterocycles. The number of benzene rings is 4. The Bertz CT molecular complexity index is 1860. The number of rotatable bonds is 3. The third-order valence-electron chi connectivity index (χ3n) is 10.1. The third kappa shape index (κ3) is 5.60. The molecule has 227 valence electrons. The van der Waals surface area contributed by atoms with Crippen molar-refractivity contribution >= 4 is 11.0 Å². The van der Waals surface area contributed by atoms with E-state index in [2.05, 4.69) is 78.0 Å². The zero-order valence-electron chi connectivity index (χ0n) is 25.8. The first-order chi connectivity index (χ1) is 21.6. The molecule has 45 heavy (non-hydrogen) atoms. The van der Waals surface area contributed by atoms with Gasteiger partial charge in [0.1, 0.15) is 0 Å². The number of aromatic nitrogens is 3. The molecule has 0 N–H and O–H groups in total. The molecule has 0 amide bonds. The molecule has 0 saturated heterocycles. The molecule has 4 aliphatic carbocycles. The van der Waals surface area contributed by atoms with Crippen molar-refractivity contribution in [3.8, 4) is 28.3 Å². The number of nitrogens with zero attached hydrogens (tertiary/aromatic N) is 3. The van der Waals surface area contributed by atoms with Crippen LogP contribution in [-0.2, 0) is 20.1 Å². The molecule has 2 unspecified atom stereocenters. The molecule has 6 aromatic rings. The SMILES string of the molecule is Cc1cccc(C)c1-n1c(-c2[c-]cccc2)nc2cc3c(cc21)C1CC2CC(CC3C2)C1.[Ir].[c-]1ccccc1-c1ccccn1. The summed E-state index contributed by atoms with van der Waals surface area (Å²) in [4.78, 5) is 9.47. The zero-order valence-corrected chi connectivity index (χ0v) is 28.2. The Morgan fingerprint density at radius 1 is 0.667 bits per heavy atom. The predicted octanol–water partition coefficient (Wildman–Crippen LogP) is 10.0. The Kier molecular flexibility index (Phi) is 8.29. The van der Waals surface area contributed by atoms with Crippen molar-refractivity contribution in [3.63, 3.8) is 0 Å². The Balaban J connectivity index is 0.000000211. The van der Waals surface area contributed by atoms with Crippen molar-refractivity contribution in [1.82, 2.24) is 14.5 Å². The van der Waals surface area contributed by atoms with Crippen LogP contribution in [0.1, 0.15) is 66.2 Å².